The van der Waals surface area contributed by atoms with Crippen LogP contribution in [0.2, 0.25) is 0 Å². The summed E-state index contributed by atoms with van der Waals surface area (Å²) >= 11 is 0. The quantitative estimate of drug-likeness (QED) is 0.866. The van der Waals surface area contributed by atoms with Gasteiger partial charge in [0.05, 0.1) is 5.69 Å². The molecule has 1 aliphatic heterocycles. The minimum absolute atomic E-state index is 0.182. The topological polar surface area (TPSA) is 50.2 Å². The van der Waals surface area contributed by atoms with Crippen LogP contribution in [0, 0.1) is 13.8 Å². The zero-order valence-electron chi connectivity index (χ0n) is 12.1. The van der Waals surface area contributed by atoms with Crippen molar-refractivity contribution in [2.45, 2.75) is 46.2 Å². The van der Waals surface area contributed by atoms with E-state index in [2.05, 4.69) is 17.3 Å². The molecule has 0 saturated carbocycles. The number of carbonyl (C=O) groups is 1. The van der Waals surface area contributed by atoms with E-state index in [9.17, 15) is 4.79 Å². The minimum atomic E-state index is 0.182. The predicted octanol–water partition coefficient (Wildman–Crippen LogP) is 1.10. The highest BCUT2D eigenvalue weighted by Gasteiger charge is 2.26. The van der Waals surface area contributed by atoms with Gasteiger partial charge in [-0.1, -0.05) is 6.92 Å². The van der Waals surface area contributed by atoms with E-state index in [1.807, 2.05) is 29.5 Å². The number of nitrogens with one attached hydrogen (secondary N) is 1. The standard InChI is InChI=1S/C14H24N4O/c1-4-7-17(13-5-6-15-9-13)14(19)10-18-12(3)8-11(2)16-18/h8,13,15H,4-7,9-10H2,1-3H3. The van der Waals surface area contributed by atoms with Gasteiger partial charge in [0.15, 0.2) is 0 Å². The van der Waals surface area contributed by atoms with Gasteiger partial charge < -0.3 is 10.2 Å². The van der Waals surface area contributed by atoms with Crippen LogP contribution in [-0.2, 0) is 11.3 Å². The maximum atomic E-state index is 12.5. The summed E-state index contributed by atoms with van der Waals surface area (Å²) in [5, 5.41) is 7.70. The monoisotopic (exact) mass is 264 g/mol. The average molecular weight is 264 g/mol. The van der Waals surface area contributed by atoms with Gasteiger partial charge >= 0.3 is 0 Å². The summed E-state index contributed by atoms with van der Waals surface area (Å²) < 4.78 is 1.81. The van der Waals surface area contributed by atoms with E-state index in [1.165, 1.54) is 0 Å². The molecule has 0 aromatic carbocycles. The van der Waals surface area contributed by atoms with Crippen LogP contribution >= 0.6 is 0 Å². The number of aryl methyl sites for hydroxylation is 2. The molecule has 2 rings (SSSR count). The largest absolute Gasteiger partial charge is 0.337 e. The van der Waals surface area contributed by atoms with E-state index in [1.54, 1.807) is 0 Å². The van der Waals surface area contributed by atoms with Gasteiger partial charge in [0.1, 0.15) is 6.54 Å². The lowest BCUT2D eigenvalue weighted by atomic mass is 10.2. The van der Waals surface area contributed by atoms with Gasteiger partial charge in [0.2, 0.25) is 5.91 Å². The molecule has 1 aromatic rings. The molecule has 5 nitrogen and oxygen atoms in total. The van der Waals surface area contributed by atoms with Crippen LogP contribution in [0.5, 0.6) is 0 Å². The van der Waals surface area contributed by atoms with Crippen molar-refractivity contribution in [3.63, 3.8) is 0 Å². The van der Waals surface area contributed by atoms with Crippen molar-refractivity contribution in [3.8, 4) is 0 Å². The third-order valence-corrected chi connectivity index (χ3v) is 3.65. The summed E-state index contributed by atoms with van der Waals surface area (Å²) in [7, 11) is 0. The van der Waals surface area contributed by atoms with Crippen molar-refractivity contribution in [2.75, 3.05) is 19.6 Å². The van der Waals surface area contributed by atoms with Crippen LogP contribution < -0.4 is 5.32 Å². The van der Waals surface area contributed by atoms with Crippen LogP contribution in [0.25, 0.3) is 0 Å². The Balaban J connectivity index is 2.04. The Morgan fingerprint density at radius 3 is 2.89 bits per heavy atom. The second-order valence-corrected chi connectivity index (χ2v) is 5.32. The fourth-order valence-corrected chi connectivity index (χ4v) is 2.71. The van der Waals surface area contributed by atoms with Crippen LogP contribution in [0.3, 0.4) is 0 Å². The summed E-state index contributed by atoms with van der Waals surface area (Å²) in [4.78, 5) is 14.5. The van der Waals surface area contributed by atoms with Gasteiger partial charge in [-0.05, 0) is 39.3 Å². The maximum Gasteiger partial charge on any atom is 0.244 e. The van der Waals surface area contributed by atoms with Crippen LogP contribution in [0.4, 0.5) is 0 Å². The molecule has 0 spiro atoms. The Labute approximate surface area is 115 Å². The Morgan fingerprint density at radius 1 is 1.58 bits per heavy atom. The second-order valence-electron chi connectivity index (χ2n) is 5.32. The number of hydrogen-bond donors (Lipinski definition) is 1. The molecular formula is C14H24N4O. The number of rotatable bonds is 5. The number of amides is 1. The Bertz CT molecular complexity index is 435. The van der Waals surface area contributed by atoms with Crippen LogP contribution in [-0.4, -0.2) is 46.3 Å². The number of carbonyl (C=O) groups excluding carboxylic acids is 1. The highest BCUT2D eigenvalue weighted by atomic mass is 16.2. The van der Waals surface area contributed by atoms with E-state index >= 15 is 0 Å². The first-order valence-electron chi connectivity index (χ1n) is 7.13. The molecule has 5 heteroatoms. The zero-order valence-corrected chi connectivity index (χ0v) is 12.1. The van der Waals surface area contributed by atoms with Crippen molar-refractivity contribution in [2.24, 2.45) is 0 Å². The number of nitrogens with zero attached hydrogens (tertiary/aromatic N) is 3. The lowest BCUT2D eigenvalue weighted by molar-refractivity contribution is -0.134. The smallest absolute Gasteiger partial charge is 0.244 e. The molecule has 2 heterocycles. The van der Waals surface area contributed by atoms with Crippen molar-refractivity contribution < 1.29 is 4.79 Å². The molecule has 19 heavy (non-hydrogen) atoms. The van der Waals surface area contributed by atoms with Crippen LogP contribution in [0.1, 0.15) is 31.2 Å². The highest BCUT2D eigenvalue weighted by molar-refractivity contribution is 5.76. The molecule has 0 aliphatic carbocycles. The number of hydrogen-bond acceptors (Lipinski definition) is 3. The lowest BCUT2D eigenvalue weighted by Gasteiger charge is -2.28. The molecule has 1 atom stereocenters. The van der Waals surface area contributed by atoms with Gasteiger partial charge in [0, 0.05) is 24.8 Å². The summed E-state index contributed by atoms with van der Waals surface area (Å²) in [6.07, 6.45) is 2.06. The first-order valence-corrected chi connectivity index (χ1v) is 7.13. The lowest BCUT2D eigenvalue weighted by Crippen LogP contribution is -2.43. The van der Waals surface area contributed by atoms with Crippen molar-refractivity contribution in [1.82, 2.24) is 20.0 Å². The molecule has 1 unspecified atom stereocenters. The van der Waals surface area contributed by atoms with Crippen molar-refractivity contribution in [3.05, 3.63) is 17.5 Å². The van der Waals surface area contributed by atoms with Gasteiger partial charge in [-0.25, -0.2) is 0 Å². The fourth-order valence-electron chi connectivity index (χ4n) is 2.71. The summed E-state index contributed by atoms with van der Waals surface area (Å²) in [6, 6.07) is 2.36. The highest BCUT2D eigenvalue weighted by Crippen LogP contribution is 2.11. The van der Waals surface area contributed by atoms with Gasteiger partial charge in [-0.2, -0.15) is 5.10 Å². The zero-order chi connectivity index (χ0) is 13.8. The van der Waals surface area contributed by atoms with Gasteiger partial charge in [-0.3, -0.25) is 9.48 Å². The van der Waals surface area contributed by atoms with E-state index in [0.717, 1.165) is 43.9 Å². The molecular weight excluding hydrogens is 240 g/mol. The Kier molecular flexibility index (Phi) is 4.58. The molecule has 1 saturated heterocycles. The first kappa shape index (κ1) is 14.1. The van der Waals surface area contributed by atoms with E-state index < -0.39 is 0 Å². The number of aromatic nitrogens is 2. The Morgan fingerprint density at radius 2 is 2.37 bits per heavy atom. The first-order chi connectivity index (χ1) is 9.11. The molecule has 1 fully saturated rings. The molecule has 106 valence electrons. The van der Waals surface area contributed by atoms with Gasteiger partial charge in [0.25, 0.3) is 0 Å². The van der Waals surface area contributed by atoms with Crippen molar-refractivity contribution >= 4 is 5.91 Å². The second kappa shape index (κ2) is 6.19. The normalized spacial score (nSPS) is 18.8. The van der Waals surface area contributed by atoms with E-state index in [-0.39, 0.29) is 5.91 Å². The third kappa shape index (κ3) is 3.35. The summed E-state index contributed by atoms with van der Waals surface area (Å²) in [5.41, 5.74) is 2.02. The van der Waals surface area contributed by atoms with Crippen molar-refractivity contribution in [1.29, 1.82) is 0 Å². The molecule has 1 aliphatic rings. The predicted molar refractivity (Wildman–Crippen MR) is 75.0 cm³/mol. The fraction of sp³-hybridized carbons (Fsp3) is 0.714. The molecule has 0 bridgehead atoms. The average Bonchev–Trinajstić information content (AvgIpc) is 2.97. The molecule has 1 amide bonds. The van der Waals surface area contributed by atoms with E-state index in [0.29, 0.717) is 12.6 Å². The SMILES string of the molecule is CCCN(C(=O)Cn1nc(C)cc1C)C1CCNC1. The maximum absolute atomic E-state index is 12.5. The van der Waals surface area contributed by atoms with E-state index in [4.69, 9.17) is 0 Å². The molecule has 1 N–H and O–H groups in total. The summed E-state index contributed by atoms with van der Waals surface area (Å²) in [6.45, 7) is 9.20. The van der Waals surface area contributed by atoms with Gasteiger partial charge in [-0.15, -0.1) is 0 Å². The summed E-state index contributed by atoms with van der Waals surface area (Å²) in [5.74, 6) is 0.182. The molecule has 0 radical (unpaired) electrons. The molecule has 1 aromatic heterocycles. The minimum Gasteiger partial charge on any atom is -0.337 e. The van der Waals surface area contributed by atoms with Crippen LogP contribution in [0.15, 0.2) is 6.07 Å². The third-order valence-electron chi connectivity index (χ3n) is 3.65. The Hall–Kier alpha value is -1.36.